The first-order valence-corrected chi connectivity index (χ1v) is 14.9. The second-order valence-electron chi connectivity index (χ2n) is 10.2. The molecule has 2 heterocycles. The largest absolute Gasteiger partial charge is 0.497 e. The number of methoxy groups -OCH3 is 2. The number of anilines is 3. The van der Waals surface area contributed by atoms with Crippen LogP contribution in [0.5, 0.6) is 11.5 Å². The van der Waals surface area contributed by atoms with Gasteiger partial charge in [0.2, 0.25) is 0 Å². The lowest BCUT2D eigenvalue weighted by molar-refractivity contribution is 0.0697. The van der Waals surface area contributed by atoms with Gasteiger partial charge in [-0.15, -0.1) is 0 Å². The molecule has 10 nitrogen and oxygen atoms in total. The molecule has 0 saturated carbocycles. The number of hydrogen-bond donors (Lipinski definition) is 4. The van der Waals surface area contributed by atoms with Gasteiger partial charge in [-0.3, -0.25) is 4.79 Å². The lowest BCUT2D eigenvalue weighted by atomic mass is 10.1. The van der Waals surface area contributed by atoms with Crippen molar-refractivity contribution < 1.29 is 24.2 Å². The minimum absolute atomic E-state index is 0.127. The fraction of sp³-hybridized carbons (Fsp3) is 0.0857. The van der Waals surface area contributed by atoms with Gasteiger partial charge in [-0.05, 0) is 72.3 Å². The zero-order chi connectivity index (χ0) is 33.5. The summed E-state index contributed by atoms with van der Waals surface area (Å²) in [6.07, 6.45) is 0. The van der Waals surface area contributed by atoms with E-state index in [1.54, 1.807) is 87.0 Å². The van der Waals surface area contributed by atoms with Crippen molar-refractivity contribution in [3.63, 3.8) is 0 Å². The normalized spacial score (nSPS) is 10.6. The predicted molar refractivity (Wildman–Crippen MR) is 186 cm³/mol. The summed E-state index contributed by atoms with van der Waals surface area (Å²) in [6.45, 7) is 0.444. The third kappa shape index (κ3) is 8.18. The number of amides is 1. The average Bonchev–Trinajstić information content (AvgIpc) is 3.07. The van der Waals surface area contributed by atoms with Crippen LogP contribution in [0.3, 0.4) is 0 Å². The Morgan fingerprint density at radius 3 is 1.89 bits per heavy atom. The van der Waals surface area contributed by atoms with E-state index < -0.39 is 11.9 Å². The van der Waals surface area contributed by atoms with Crippen molar-refractivity contribution in [3.8, 4) is 11.5 Å². The molecule has 47 heavy (non-hydrogen) atoms. The van der Waals surface area contributed by atoms with Gasteiger partial charge >= 0.3 is 5.97 Å². The van der Waals surface area contributed by atoms with Gasteiger partial charge in [0.1, 0.15) is 28.7 Å². The van der Waals surface area contributed by atoms with Crippen LogP contribution < -0.4 is 25.8 Å². The maximum absolute atomic E-state index is 11.7. The van der Waals surface area contributed by atoms with E-state index in [1.807, 2.05) is 24.3 Å². The molecule has 4 aromatic carbocycles. The Labute approximate surface area is 280 Å². The SMILES string of the molecule is COc1ccc2cc(C(=O)O)c(NCc3ccc(Cl)cc3)nc2c1.COc1ccc2cc(C(N)=O)c(Nc3cccc(Cl)c3)nc2c1. The van der Waals surface area contributed by atoms with E-state index in [9.17, 15) is 14.7 Å². The number of aromatic carboxylic acids is 1. The molecule has 12 heteroatoms. The molecule has 5 N–H and O–H groups in total. The molecule has 0 aliphatic carbocycles. The van der Waals surface area contributed by atoms with Crippen LogP contribution in [0.15, 0.2) is 97.1 Å². The standard InChI is InChI=1S/C18H15ClN2O3.C17H14ClN3O2/c1-24-14-7-4-12-8-15(18(22)23)17(21-16(12)9-14)20-10-11-2-5-13(19)6-3-11;1-23-13-6-5-10-7-14(16(19)22)17(21-15(10)9-13)20-12-4-2-3-11(18)8-12/h2-9H,10H2,1H3,(H,20,21)(H,22,23);2-9H,1H3,(H2,19,22)(H,20,21). The Kier molecular flexibility index (Phi) is 10.2. The highest BCUT2D eigenvalue weighted by atomic mass is 35.5. The summed E-state index contributed by atoms with van der Waals surface area (Å²) in [5, 5.41) is 18.4. The molecule has 0 saturated heterocycles. The molecular weight excluding hydrogens is 641 g/mol. The second-order valence-corrected chi connectivity index (χ2v) is 11.0. The van der Waals surface area contributed by atoms with Crippen LogP contribution in [0.1, 0.15) is 26.3 Å². The average molecular weight is 671 g/mol. The van der Waals surface area contributed by atoms with Crippen molar-refractivity contribution in [2.45, 2.75) is 6.54 Å². The number of nitrogens with zero attached hydrogens (tertiary/aromatic N) is 2. The van der Waals surface area contributed by atoms with Crippen LogP contribution in [0, 0.1) is 0 Å². The van der Waals surface area contributed by atoms with Gasteiger partial charge in [0.15, 0.2) is 0 Å². The van der Waals surface area contributed by atoms with E-state index in [1.165, 1.54) is 0 Å². The van der Waals surface area contributed by atoms with Crippen molar-refractivity contribution in [2.24, 2.45) is 5.73 Å². The highest BCUT2D eigenvalue weighted by molar-refractivity contribution is 6.31. The van der Waals surface area contributed by atoms with Gasteiger partial charge in [0.25, 0.3) is 5.91 Å². The molecule has 0 fully saturated rings. The maximum Gasteiger partial charge on any atom is 0.339 e. The summed E-state index contributed by atoms with van der Waals surface area (Å²) in [5.74, 6) is 0.463. The van der Waals surface area contributed by atoms with Gasteiger partial charge in [-0.2, -0.15) is 0 Å². The zero-order valence-electron chi connectivity index (χ0n) is 25.3. The van der Waals surface area contributed by atoms with Crippen molar-refractivity contribution in [1.82, 2.24) is 9.97 Å². The monoisotopic (exact) mass is 669 g/mol. The number of aromatic nitrogens is 2. The molecule has 1 amide bonds. The predicted octanol–water partition coefficient (Wildman–Crippen LogP) is 7.95. The molecule has 6 rings (SSSR count). The number of nitrogens with one attached hydrogen (secondary N) is 2. The van der Waals surface area contributed by atoms with Crippen LogP contribution in [0.4, 0.5) is 17.3 Å². The summed E-state index contributed by atoms with van der Waals surface area (Å²) >= 11 is 11.8. The molecule has 0 unspecified atom stereocenters. The molecule has 0 radical (unpaired) electrons. The summed E-state index contributed by atoms with van der Waals surface area (Å²) < 4.78 is 10.4. The first-order valence-electron chi connectivity index (χ1n) is 14.1. The highest BCUT2D eigenvalue weighted by Crippen LogP contribution is 2.28. The minimum atomic E-state index is -1.03. The summed E-state index contributed by atoms with van der Waals surface area (Å²) in [6, 6.07) is 28.5. The highest BCUT2D eigenvalue weighted by Gasteiger charge is 2.15. The quantitative estimate of drug-likeness (QED) is 0.120. The Balaban J connectivity index is 0.000000185. The Bertz CT molecular complexity index is 2090. The Morgan fingerprint density at radius 2 is 1.34 bits per heavy atom. The number of carboxylic acid groups (broad SMARTS) is 1. The lowest BCUT2D eigenvalue weighted by Crippen LogP contribution is -2.14. The first kappa shape index (κ1) is 32.8. The fourth-order valence-corrected chi connectivity index (χ4v) is 4.94. The van der Waals surface area contributed by atoms with Crippen LogP contribution in [-0.4, -0.2) is 41.2 Å². The smallest absolute Gasteiger partial charge is 0.339 e. The van der Waals surface area contributed by atoms with Gasteiger partial charge in [0.05, 0.1) is 30.8 Å². The van der Waals surface area contributed by atoms with E-state index in [2.05, 4.69) is 20.6 Å². The molecule has 238 valence electrons. The molecule has 0 aliphatic heterocycles. The van der Waals surface area contributed by atoms with E-state index in [4.69, 9.17) is 38.4 Å². The summed E-state index contributed by atoms with van der Waals surface area (Å²) in [4.78, 5) is 32.2. The lowest BCUT2D eigenvalue weighted by Gasteiger charge is -2.11. The Morgan fingerprint density at radius 1 is 0.745 bits per heavy atom. The van der Waals surface area contributed by atoms with Gasteiger partial charge in [-0.25, -0.2) is 14.8 Å². The van der Waals surface area contributed by atoms with E-state index in [-0.39, 0.29) is 5.56 Å². The van der Waals surface area contributed by atoms with E-state index in [0.717, 1.165) is 22.0 Å². The fourth-order valence-electron chi connectivity index (χ4n) is 4.62. The third-order valence-electron chi connectivity index (χ3n) is 7.01. The van der Waals surface area contributed by atoms with Crippen molar-refractivity contribution in [1.29, 1.82) is 0 Å². The van der Waals surface area contributed by atoms with Gasteiger partial charge in [0, 0.05) is 45.2 Å². The first-order chi connectivity index (χ1) is 22.6. The van der Waals surface area contributed by atoms with E-state index in [0.29, 0.717) is 56.3 Å². The van der Waals surface area contributed by atoms with Crippen molar-refractivity contribution >= 4 is 74.2 Å². The number of benzene rings is 4. The summed E-state index contributed by atoms with van der Waals surface area (Å²) in [5.41, 5.74) is 8.96. The van der Waals surface area contributed by atoms with Crippen LogP contribution in [-0.2, 0) is 6.54 Å². The molecule has 0 aliphatic rings. The van der Waals surface area contributed by atoms with Crippen molar-refractivity contribution in [3.05, 3.63) is 124 Å². The number of nitrogens with two attached hydrogens (primary N) is 1. The number of halogens is 2. The maximum atomic E-state index is 11.7. The molecule has 0 bridgehead atoms. The number of carboxylic acids is 1. The minimum Gasteiger partial charge on any atom is -0.497 e. The number of primary amides is 1. The number of fused-ring (bicyclic) bond motifs is 2. The zero-order valence-corrected chi connectivity index (χ0v) is 26.8. The number of carbonyl (C=O) groups excluding carboxylic acids is 1. The van der Waals surface area contributed by atoms with Crippen molar-refractivity contribution in [2.75, 3.05) is 24.9 Å². The van der Waals surface area contributed by atoms with Crippen LogP contribution in [0.25, 0.3) is 21.8 Å². The Hall–Kier alpha value is -5.58. The van der Waals surface area contributed by atoms with E-state index >= 15 is 0 Å². The number of pyridine rings is 2. The molecular formula is C35H29Cl2N5O5. The van der Waals surface area contributed by atoms with Crippen LogP contribution in [0.2, 0.25) is 10.0 Å². The number of rotatable bonds is 9. The van der Waals surface area contributed by atoms with Gasteiger partial charge in [-0.1, -0.05) is 41.4 Å². The number of carbonyl (C=O) groups is 2. The molecule has 0 spiro atoms. The third-order valence-corrected chi connectivity index (χ3v) is 7.49. The molecule has 0 atom stereocenters. The second kappa shape index (κ2) is 14.7. The van der Waals surface area contributed by atoms with Gasteiger partial charge < -0.3 is 30.9 Å². The molecule has 6 aromatic rings. The number of ether oxygens (including phenoxy) is 2. The molecule has 2 aromatic heterocycles. The van der Waals surface area contributed by atoms with Crippen LogP contribution >= 0.6 is 23.2 Å². The topological polar surface area (TPSA) is 149 Å². The summed E-state index contributed by atoms with van der Waals surface area (Å²) in [7, 11) is 3.16. The number of hydrogen-bond acceptors (Lipinski definition) is 8.